The molecule has 218 valence electrons. The molecule has 4 heterocycles. The average Bonchev–Trinajstić information content (AvgIpc) is 3.47. The molecule has 0 aliphatic carbocycles. The summed E-state index contributed by atoms with van der Waals surface area (Å²) in [5.74, 6) is 0.298. The van der Waals surface area contributed by atoms with Gasteiger partial charge in [-0.05, 0) is 61.5 Å². The van der Waals surface area contributed by atoms with E-state index in [1.165, 1.54) is 5.56 Å². The van der Waals surface area contributed by atoms with Crippen molar-refractivity contribution in [1.29, 1.82) is 0 Å². The maximum atomic E-state index is 13.1. The van der Waals surface area contributed by atoms with Crippen LogP contribution in [0.1, 0.15) is 21.5 Å². The molecule has 5 aromatic rings. The van der Waals surface area contributed by atoms with Crippen LogP contribution in [0.2, 0.25) is 0 Å². The van der Waals surface area contributed by atoms with Crippen molar-refractivity contribution >= 4 is 23.2 Å². The Bertz CT molecular complexity index is 1720. The monoisotopic (exact) mass is 573 g/mol. The average molecular weight is 574 g/mol. The van der Waals surface area contributed by atoms with Gasteiger partial charge in [-0.1, -0.05) is 18.2 Å². The van der Waals surface area contributed by atoms with Crippen LogP contribution in [0, 0.1) is 6.92 Å². The van der Waals surface area contributed by atoms with E-state index in [0.29, 0.717) is 17.2 Å². The third-order valence-electron chi connectivity index (χ3n) is 7.69. The minimum Gasteiger partial charge on any atom is -0.324 e. The molecule has 0 bridgehead atoms. The van der Waals surface area contributed by atoms with Crippen molar-refractivity contribution < 1.29 is 4.79 Å². The van der Waals surface area contributed by atoms with Gasteiger partial charge in [0.2, 0.25) is 5.95 Å². The van der Waals surface area contributed by atoms with Crippen LogP contribution < -0.4 is 10.6 Å². The second-order valence-corrected chi connectivity index (χ2v) is 11.0. The lowest BCUT2D eigenvalue weighted by molar-refractivity contribution is 0.102. The van der Waals surface area contributed by atoms with E-state index >= 15 is 0 Å². The van der Waals surface area contributed by atoms with E-state index in [-0.39, 0.29) is 5.91 Å². The molecule has 10 heteroatoms. The summed E-state index contributed by atoms with van der Waals surface area (Å²) < 4.78 is 1.76. The molecule has 6 rings (SSSR count). The number of nitrogens with zero attached hydrogens (tertiary/aromatic N) is 7. The van der Waals surface area contributed by atoms with E-state index in [9.17, 15) is 4.79 Å². The summed E-state index contributed by atoms with van der Waals surface area (Å²) in [6.45, 7) is 7.20. The molecule has 3 aromatic heterocycles. The first-order valence-corrected chi connectivity index (χ1v) is 14.4. The summed E-state index contributed by atoms with van der Waals surface area (Å²) in [7, 11) is 4.05. The number of likely N-dealkylation sites (N-methyl/N-ethyl adjacent to an activating group) is 1. The molecule has 1 saturated heterocycles. The fraction of sp³-hybridized carbons (Fsp3) is 0.242. The van der Waals surface area contributed by atoms with Crippen molar-refractivity contribution in [3.05, 3.63) is 102 Å². The van der Waals surface area contributed by atoms with Crippen LogP contribution in [-0.2, 0) is 13.6 Å². The van der Waals surface area contributed by atoms with Crippen LogP contribution >= 0.6 is 0 Å². The first-order chi connectivity index (χ1) is 20.9. The Hall–Kier alpha value is -4.93. The molecule has 1 aliphatic heterocycles. The minimum atomic E-state index is -0.153. The van der Waals surface area contributed by atoms with Gasteiger partial charge in [-0.15, -0.1) is 0 Å². The molecule has 0 radical (unpaired) electrons. The molecule has 0 unspecified atom stereocenters. The Morgan fingerprint density at radius 3 is 2.44 bits per heavy atom. The number of benzene rings is 2. The maximum absolute atomic E-state index is 13.1. The molecule has 0 saturated carbocycles. The number of amides is 1. The lowest BCUT2D eigenvalue weighted by Crippen LogP contribution is -2.43. The van der Waals surface area contributed by atoms with E-state index in [1.54, 1.807) is 17.1 Å². The van der Waals surface area contributed by atoms with Crippen LogP contribution in [0.4, 0.5) is 17.3 Å². The number of nitrogens with one attached hydrogen (secondary N) is 2. The predicted molar refractivity (Wildman–Crippen MR) is 169 cm³/mol. The van der Waals surface area contributed by atoms with Crippen LogP contribution in [-0.4, -0.2) is 73.7 Å². The Labute approximate surface area is 251 Å². The Morgan fingerprint density at radius 1 is 0.884 bits per heavy atom. The van der Waals surface area contributed by atoms with Gasteiger partial charge in [0.15, 0.2) is 0 Å². The van der Waals surface area contributed by atoms with Crippen molar-refractivity contribution in [3.63, 3.8) is 0 Å². The number of aromatic nitrogens is 5. The lowest BCUT2D eigenvalue weighted by Gasteiger charge is -2.32. The van der Waals surface area contributed by atoms with Gasteiger partial charge in [0.1, 0.15) is 0 Å². The zero-order valence-electron chi connectivity index (χ0n) is 24.7. The SMILES string of the molecule is Cc1ccc(NC(=O)c2ccc(CN3CCN(C)CC3)cc2)cc1Nc1nccc(-c2cncc(-c3cnn(C)c3)c2)n1. The molecular formula is C33H35N9O. The van der Waals surface area contributed by atoms with Gasteiger partial charge >= 0.3 is 0 Å². The van der Waals surface area contributed by atoms with Crippen LogP contribution in [0.15, 0.2) is 85.6 Å². The predicted octanol–water partition coefficient (Wildman–Crippen LogP) is 4.99. The Kier molecular flexibility index (Phi) is 8.21. The number of hydrogen-bond acceptors (Lipinski definition) is 8. The quantitative estimate of drug-likeness (QED) is 0.268. The zero-order chi connectivity index (χ0) is 29.8. The number of pyridine rings is 1. The van der Waals surface area contributed by atoms with Gasteiger partial charge in [-0.25, -0.2) is 9.97 Å². The topological polar surface area (TPSA) is 104 Å². The molecule has 1 aliphatic rings. The fourth-order valence-electron chi connectivity index (χ4n) is 5.07. The fourth-order valence-corrected chi connectivity index (χ4v) is 5.07. The number of anilines is 3. The standard InChI is InChI=1S/C33H35N9O/c1-23-4-9-29(37-32(43)25-7-5-24(6-8-25)21-42-14-12-40(2)13-15-42)17-31(23)39-33-35-11-10-30(38-33)27-16-26(18-34-19-27)28-20-36-41(3)22-28/h4-11,16-20,22H,12-15,21H2,1-3H3,(H,37,43)(H,35,38,39). The van der Waals surface area contributed by atoms with Crippen LogP contribution in [0.5, 0.6) is 0 Å². The highest BCUT2D eigenvalue weighted by Gasteiger charge is 2.15. The molecule has 2 N–H and O–H groups in total. The summed E-state index contributed by atoms with van der Waals surface area (Å²) in [5.41, 5.74) is 7.89. The molecule has 1 fully saturated rings. The van der Waals surface area contributed by atoms with Gasteiger partial charge in [0.05, 0.1) is 11.9 Å². The summed E-state index contributed by atoms with van der Waals surface area (Å²) in [6, 6.07) is 17.5. The molecule has 0 spiro atoms. The van der Waals surface area contributed by atoms with Gasteiger partial charge in [-0.2, -0.15) is 5.10 Å². The normalized spacial score (nSPS) is 14.0. The number of piperazine rings is 1. The van der Waals surface area contributed by atoms with E-state index in [4.69, 9.17) is 4.98 Å². The maximum Gasteiger partial charge on any atom is 0.255 e. The molecular weight excluding hydrogens is 538 g/mol. The van der Waals surface area contributed by atoms with Gasteiger partial charge < -0.3 is 15.5 Å². The molecule has 1 amide bonds. The number of hydrogen-bond donors (Lipinski definition) is 2. The Balaban J connectivity index is 1.12. The van der Waals surface area contributed by atoms with Crippen molar-refractivity contribution in [2.24, 2.45) is 7.05 Å². The third-order valence-corrected chi connectivity index (χ3v) is 7.69. The van der Waals surface area contributed by atoms with Crippen molar-refractivity contribution in [2.75, 3.05) is 43.9 Å². The molecule has 10 nitrogen and oxygen atoms in total. The molecule has 43 heavy (non-hydrogen) atoms. The van der Waals surface area contributed by atoms with Crippen LogP contribution in [0.3, 0.4) is 0 Å². The van der Waals surface area contributed by atoms with E-state index in [0.717, 1.165) is 66.4 Å². The van der Waals surface area contributed by atoms with Gasteiger partial charge in [0.25, 0.3) is 5.91 Å². The highest BCUT2D eigenvalue weighted by atomic mass is 16.1. The summed E-state index contributed by atoms with van der Waals surface area (Å²) >= 11 is 0. The molecule has 0 atom stereocenters. The first-order valence-electron chi connectivity index (χ1n) is 14.4. The van der Waals surface area contributed by atoms with Crippen molar-refractivity contribution in [1.82, 2.24) is 34.5 Å². The zero-order valence-corrected chi connectivity index (χ0v) is 24.7. The summed E-state index contributed by atoms with van der Waals surface area (Å²) in [6.07, 6.45) is 9.08. The van der Waals surface area contributed by atoms with E-state index < -0.39 is 0 Å². The number of rotatable bonds is 8. The largest absolute Gasteiger partial charge is 0.324 e. The lowest BCUT2D eigenvalue weighted by atomic mass is 10.1. The van der Waals surface area contributed by atoms with Gasteiger partial charge in [-0.3, -0.25) is 19.4 Å². The highest BCUT2D eigenvalue weighted by Crippen LogP contribution is 2.27. The number of aryl methyl sites for hydroxylation is 2. The second kappa shape index (κ2) is 12.5. The van der Waals surface area contributed by atoms with Crippen molar-refractivity contribution in [3.8, 4) is 22.4 Å². The molecule has 2 aromatic carbocycles. The van der Waals surface area contributed by atoms with Crippen molar-refractivity contribution in [2.45, 2.75) is 13.5 Å². The first kappa shape index (κ1) is 28.2. The third kappa shape index (κ3) is 6.94. The van der Waals surface area contributed by atoms with E-state index in [2.05, 4.69) is 42.5 Å². The van der Waals surface area contributed by atoms with E-state index in [1.807, 2.05) is 87.2 Å². The highest BCUT2D eigenvalue weighted by molar-refractivity contribution is 6.04. The Morgan fingerprint density at radius 2 is 1.67 bits per heavy atom. The second-order valence-electron chi connectivity index (χ2n) is 11.0. The van der Waals surface area contributed by atoms with Gasteiger partial charge in [0, 0.05) is 98.2 Å². The summed E-state index contributed by atoms with van der Waals surface area (Å²) in [4.78, 5) is 31.4. The minimum absolute atomic E-state index is 0.153. The number of carbonyl (C=O) groups is 1. The van der Waals surface area contributed by atoms with Crippen LogP contribution in [0.25, 0.3) is 22.4 Å². The smallest absolute Gasteiger partial charge is 0.255 e. The number of carbonyl (C=O) groups excluding carboxylic acids is 1. The summed E-state index contributed by atoms with van der Waals surface area (Å²) in [5, 5.41) is 10.6.